The van der Waals surface area contributed by atoms with Crippen LogP contribution in [0.2, 0.25) is 0 Å². The Kier molecular flexibility index (Phi) is 5.10. The van der Waals surface area contributed by atoms with Gasteiger partial charge in [0, 0.05) is 50.3 Å². The molecule has 2 rings (SSSR count). The molecule has 1 aliphatic rings. The van der Waals surface area contributed by atoms with Crippen molar-refractivity contribution in [3.05, 3.63) is 16.6 Å². The van der Waals surface area contributed by atoms with Crippen molar-refractivity contribution in [2.24, 2.45) is 0 Å². The number of nitrogens with zero attached hydrogens (tertiary/aromatic N) is 3. The van der Waals surface area contributed by atoms with Crippen molar-refractivity contribution in [2.75, 3.05) is 39.8 Å². The predicted molar refractivity (Wildman–Crippen MR) is 70.5 cm³/mol. The molecule has 1 aromatic heterocycles. The second-order valence-electron chi connectivity index (χ2n) is 4.41. The average molecular weight is 269 g/mol. The van der Waals surface area contributed by atoms with Crippen LogP contribution in [-0.2, 0) is 16.1 Å². The van der Waals surface area contributed by atoms with Gasteiger partial charge in [0.2, 0.25) is 0 Å². The number of piperazine rings is 1. The van der Waals surface area contributed by atoms with Gasteiger partial charge in [-0.1, -0.05) is 0 Å². The van der Waals surface area contributed by atoms with E-state index >= 15 is 0 Å². The number of hydrogen-bond donors (Lipinski definition) is 0. The molecule has 0 atom stereocenters. The minimum Gasteiger partial charge on any atom is -0.469 e. The van der Waals surface area contributed by atoms with Crippen LogP contribution in [0.25, 0.3) is 0 Å². The summed E-state index contributed by atoms with van der Waals surface area (Å²) in [5.41, 5.74) is 1.88. The van der Waals surface area contributed by atoms with Gasteiger partial charge in [-0.25, -0.2) is 0 Å². The Morgan fingerprint density at radius 2 is 2.11 bits per heavy atom. The van der Waals surface area contributed by atoms with Crippen LogP contribution >= 0.6 is 11.3 Å². The van der Waals surface area contributed by atoms with Crippen molar-refractivity contribution >= 4 is 17.3 Å². The Hall–Kier alpha value is -0.980. The van der Waals surface area contributed by atoms with Crippen molar-refractivity contribution in [1.82, 2.24) is 14.8 Å². The van der Waals surface area contributed by atoms with E-state index in [1.54, 1.807) is 11.3 Å². The van der Waals surface area contributed by atoms with Crippen molar-refractivity contribution in [3.63, 3.8) is 0 Å². The first-order chi connectivity index (χ1) is 8.78. The van der Waals surface area contributed by atoms with Gasteiger partial charge >= 0.3 is 5.97 Å². The Labute approximate surface area is 111 Å². The van der Waals surface area contributed by atoms with E-state index in [0.717, 1.165) is 39.3 Å². The fourth-order valence-corrected chi connectivity index (χ4v) is 2.70. The van der Waals surface area contributed by atoms with Crippen LogP contribution in [0.3, 0.4) is 0 Å². The average Bonchev–Trinajstić information content (AvgIpc) is 2.90. The van der Waals surface area contributed by atoms with Gasteiger partial charge in [-0.2, -0.15) is 0 Å². The number of methoxy groups -OCH3 is 1. The Morgan fingerprint density at radius 3 is 2.72 bits per heavy atom. The molecule has 18 heavy (non-hydrogen) atoms. The van der Waals surface area contributed by atoms with Gasteiger partial charge in [-0.05, 0) is 0 Å². The van der Waals surface area contributed by atoms with Crippen molar-refractivity contribution in [1.29, 1.82) is 0 Å². The zero-order valence-corrected chi connectivity index (χ0v) is 11.5. The van der Waals surface area contributed by atoms with Crippen LogP contribution in [0.1, 0.15) is 11.3 Å². The van der Waals surface area contributed by atoms with E-state index in [1.807, 2.05) is 11.7 Å². The Balaban J connectivity index is 1.66. The quantitative estimate of drug-likeness (QED) is 0.741. The third-order valence-electron chi connectivity index (χ3n) is 3.19. The molecule has 1 aliphatic heterocycles. The normalized spacial score (nSPS) is 17.8. The van der Waals surface area contributed by atoms with E-state index in [1.165, 1.54) is 12.0 Å². The number of carbonyl (C=O) groups is 1. The molecule has 1 aromatic rings. The molecule has 0 aliphatic carbocycles. The highest BCUT2D eigenvalue weighted by Gasteiger charge is 2.17. The van der Waals surface area contributed by atoms with Crippen LogP contribution in [0.4, 0.5) is 0 Å². The molecule has 0 radical (unpaired) electrons. The summed E-state index contributed by atoms with van der Waals surface area (Å²) in [6.07, 6.45) is 2.43. The largest absolute Gasteiger partial charge is 0.469 e. The summed E-state index contributed by atoms with van der Waals surface area (Å²) in [5, 5.41) is 0. The molecule has 1 fully saturated rings. The van der Waals surface area contributed by atoms with E-state index in [9.17, 15) is 4.79 Å². The summed E-state index contributed by atoms with van der Waals surface area (Å²) in [7, 11) is 1.44. The standard InChI is InChI=1S/C12H19N3O2S/c1-17-12(16)2-3-14-4-6-15(7-5-14)9-11-8-13-10-18-11/h8,10H,2-7,9H2,1H3. The molecule has 0 spiro atoms. The number of carbonyl (C=O) groups excluding carboxylic acids is 1. The molecular weight excluding hydrogens is 250 g/mol. The number of hydrogen-bond acceptors (Lipinski definition) is 6. The molecule has 0 saturated carbocycles. The van der Waals surface area contributed by atoms with Gasteiger partial charge in [0.05, 0.1) is 19.0 Å². The molecule has 0 amide bonds. The minimum atomic E-state index is -0.123. The molecule has 2 heterocycles. The van der Waals surface area contributed by atoms with E-state index in [4.69, 9.17) is 0 Å². The SMILES string of the molecule is COC(=O)CCN1CCN(Cc2cncs2)CC1. The highest BCUT2D eigenvalue weighted by molar-refractivity contribution is 7.09. The number of esters is 1. The summed E-state index contributed by atoms with van der Waals surface area (Å²) >= 11 is 1.71. The van der Waals surface area contributed by atoms with Gasteiger partial charge < -0.3 is 9.64 Å². The maximum Gasteiger partial charge on any atom is 0.306 e. The second-order valence-corrected chi connectivity index (χ2v) is 5.38. The van der Waals surface area contributed by atoms with Crippen LogP contribution < -0.4 is 0 Å². The van der Waals surface area contributed by atoms with Gasteiger partial charge in [-0.3, -0.25) is 14.7 Å². The first kappa shape index (κ1) is 13.5. The summed E-state index contributed by atoms with van der Waals surface area (Å²) in [6.45, 7) is 5.96. The number of rotatable bonds is 5. The Bertz CT molecular complexity index is 361. The lowest BCUT2D eigenvalue weighted by Crippen LogP contribution is -2.46. The monoisotopic (exact) mass is 269 g/mol. The van der Waals surface area contributed by atoms with E-state index in [0.29, 0.717) is 6.42 Å². The molecule has 1 saturated heterocycles. The molecule has 100 valence electrons. The highest BCUT2D eigenvalue weighted by atomic mass is 32.1. The van der Waals surface area contributed by atoms with Gasteiger partial charge in [0.15, 0.2) is 0 Å². The Morgan fingerprint density at radius 1 is 1.39 bits per heavy atom. The topological polar surface area (TPSA) is 45.7 Å². The molecule has 0 N–H and O–H groups in total. The second kappa shape index (κ2) is 6.82. The summed E-state index contributed by atoms with van der Waals surface area (Å²) in [5.74, 6) is -0.123. The summed E-state index contributed by atoms with van der Waals surface area (Å²) in [4.78, 5) is 21.2. The van der Waals surface area contributed by atoms with E-state index in [-0.39, 0.29) is 5.97 Å². The molecule has 0 aromatic carbocycles. The van der Waals surface area contributed by atoms with E-state index in [2.05, 4.69) is 19.5 Å². The highest BCUT2D eigenvalue weighted by Crippen LogP contribution is 2.11. The number of ether oxygens (including phenoxy) is 1. The zero-order chi connectivity index (χ0) is 12.8. The minimum absolute atomic E-state index is 0.123. The van der Waals surface area contributed by atoms with Crippen molar-refractivity contribution < 1.29 is 9.53 Å². The third kappa shape index (κ3) is 4.04. The molecule has 0 unspecified atom stereocenters. The van der Waals surface area contributed by atoms with Gasteiger partial charge in [-0.15, -0.1) is 11.3 Å². The van der Waals surface area contributed by atoms with Gasteiger partial charge in [0.1, 0.15) is 0 Å². The lowest BCUT2D eigenvalue weighted by Gasteiger charge is -2.34. The van der Waals surface area contributed by atoms with Crippen molar-refractivity contribution in [3.8, 4) is 0 Å². The number of thiazole rings is 1. The fraction of sp³-hybridized carbons (Fsp3) is 0.667. The molecule has 6 heteroatoms. The van der Waals surface area contributed by atoms with Crippen LogP contribution in [-0.4, -0.2) is 60.6 Å². The third-order valence-corrected chi connectivity index (χ3v) is 3.95. The molecule has 5 nitrogen and oxygen atoms in total. The molecule has 0 bridgehead atoms. The lowest BCUT2D eigenvalue weighted by molar-refractivity contribution is -0.141. The van der Waals surface area contributed by atoms with Crippen LogP contribution in [0.5, 0.6) is 0 Å². The maximum atomic E-state index is 11.1. The zero-order valence-electron chi connectivity index (χ0n) is 10.7. The predicted octanol–water partition coefficient (Wildman–Crippen LogP) is 0.824. The smallest absolute Gasteiger partial charge is 0.306 e. The fourth-order valence-electron chi connectivity index (χ4n) is 2.06. The van der Waals surface area contributed by atoms with Crippen LogP contribution in [0.15, 0.2) is 11.7 Å². The number of aromatic nitrogens is 1. The maximum absolute atomic E-state index is 11.1. The van der Waals surface area contributed by atoms with Crippen molar-refractivity contribution in [2.45, 2.75) is 13.0 Å². The summed E-state index contributed by atoms with van der Waals surface area (Å²) in [6, 6.07) is 0. The lowest BCUT2D eigenvalue weighted by atomic mass is 10.3. The first-order valence-electron chi connectivity index (χ1n) is 6.17. The summed E-state index contributed by atoms with van der Waals surface area (Å²) < 4.78 is 4.65. The van der Waals surface area contributed by atoms with E-state index < -0.39 is 0 Å². The first-order valence-corrected chi connectivity index (χ1v) is 7.05. The van der Waals surface area contributed by atoms with Crippen LogP contribution in [0, 0.1) is 0 Å². The molecular formula is C12H19N3O2S. The van der Waals surface area contributed by atoms with Gasteiger partial charge in [0.25, 0.3) is 0 Å².